The normalized spacial score (nSPS) is 18.5. The predicted molar refractivity (Wildman–Crippen MR) is 141 cm³/mol. The maximum Gasteiger partial charge on any atom is 0.410 e. The van der Waals surface area contributed by atoms with E-state index in [0.29, 0.717) is 36.1 Å². The van der Waals surface area contributed by atoms with Crippen LogP contribution in [0.4, 0.5) is 10.6 Å². The molecule has 1 saturated heterocycles. The third-order valence-corrected chi connectivity index (χ3v) is 6.97. The SMILES string of the molecule is CC(C)(C)OC(=O)N1CCC[C@@H](Nc2nnc(-c3ccc(C4CC4)cc3O)c3ccc(Br)cc23)C1. The Labute approximate surface area is 214 Å². The van der Waals surface area contributed by atoms with Crippen LogP contribution in [0.25, 0.3) is 22.0 Å². The van der Waals surface area contributed by atoms with E-state index in [-0.39, 0.29) is 17.9 Å². The standard InChI is InChI=1S/C27H31BrN4O3/c1-27(2,3)35-26(34)32-12-4-5-19(15-32)29-25-22-14-18(28)9-11-20(22)24(30-31-25)21-10-8-17(13-23(21)33)16-6-7-16/h8-11,13-14,16,19,33H,4-7,12,15H2,1-3H3,(H,29,31)/t19-/m1/s1. The number of amides is 1. The highest BCUT2D eigenvalue weighted by Crippen LogP contribution is 2.43. The number of rotatable bonds is 4. The van der Waals surface area contributed by atoms with Gasteiger partial charge in [-0.25, -0.2) is 4.79 Å². The van der Waals surface area contributed by atoms with Crippen LogP contribution in [0.2, 0.25) is 0 Å². The second kappa shape index (κ2) is 9.30. The maximum absolute atomic E-state index is 12.6. The lowest BCUT2D eigenvalue weighted by molar-refractivity contribution is 0.0206. The Bertz CT molecular complexity index is 1270. The summed E-state index contributed by atoms with van der Waals surface area (Å²) in [6.07, 6.45) is 3.88. The quantitative estimate of drug-likeness (QED) is 0.396. The fourth-order valence-electron chi connectivity index (χ4n) is 4.63. The van der Waals surface area contributed by atoms with Crippen molar-refractivity contribution in [3.8, 4) is 17.0 Å². The first-order valence-corrected chi connectivity index (χ1v) is 13.0. The molecular weight excluding hydrogens is 508 g/mol. The number of fused-ring (bicyclic) bond motifs is 1. The number of carbonyl (C=O) groups is 1. The molecule has 8 heteroatoms. The minimum absolute atomic E-state index is 0.0322. The summed E-state index contributed by atoms with van der Waals surface area (Å²) in [5, 5.41) is 25.2. The summed E-state index contributed by atoms with van der Waals surface area (Å²) in [7, 11) is 0. The number of anilines is 1. The molecule has 1 amide bonds. The van der Waals surface area contributed by atoms with Crippen LogP contribution in [0.5, 0.6) is 5.75 Å². The lowest BCUT2D eigenvalue weighted by atomic mass is 10.0. The van der Waals surface area contributed by atoms with Gasteiger partial charge in [-0.1, -0.05) is 28.1 Å². The van der Waals surface area contributed by atoms with Gasteiger partial charge in [0.05, 0.1) is 0 Å². The van der Waals surface area contributed by atoms with E-state index in [9.17, 15) is 9.90 Å². The van der Waals surface area contributed by atoms with Gasteiger partial charge in [-0.3, -0.25) is 0 Å². The number of likely N-dealkylation sites (tertiary alicyclic amines) is 1. The van der Waals surface area contributed by atoms with Gasteiger partial charge < -0.3 is 20.1 Å². The molecule has 1 saturated carbocycles. The first kappa shape index (κ1) is 23.9. The van der Waals surface area contributed by atoms with E-state index >= 15 is 0 Å². The summed E-state index contributed by atoms with van der Waals surface area (Å²) in [4.78, 5) is 14.3. The Kier molecular flexibility index (Phi) is 6.34. The lowest BCUT2D eigenvalue weighted by Gasteiger charge is -2.34. The number of nitrogens with one attached hydrogen (secondary N) is 1. The van der Waals surface area contributed by atoms with Crippen molar-refractivity contribution in [1.29, 1.82) is 0 Å². The highest BCUT2D eigenvalue weighted by molar-refractivity contribution is 9.10. The number of benzene rings is 2. The van der Waals surface area contributed by atoms with Gasteiger partial charge in [0.1, 0.15) is 17.0 Å². The van der Waals surface area contributed by atoms with Gasteiger partial charge in [-0.2, -0.15) is 0 Å². The van der Waals surface area contributed by atoms with Crippen LogP contribution >= 0.6 is 15.9 Å². The zero-order valence-corrected chi connectivity index (χ0v) is 21.9. The molecule has 3 aromatic rings. The summed E-state index contributed by atoms with van der Waals surface area (Å²) in [6, 6.07) is 11.9. The molecule has 2 fully saturated rings. The number of phenolic OH excluding ortho intramolecular Hbond substituents is 1. The second-order valence-corrected chi connectivity index (χ2v) is 11.5. The number of carbonyl (C=O) groups excluding carboxylic acids is 1. The average molecular weight is 539 g/mol. The van der Waals surface area contributed by atoms with Gasteiger partial charge in [-0.05, 0) is 82.2 Å². The van der Waals surface area contributed by atoms with Crippen molar-refractivity contribution in [3.05, 3.63) is 46.4 Å². The molecule has 1 aliphatic heterocycles. The highest BCUT2D eigenvalue weighted by Gasteiger charge is 2.29. The van der Waals surface area contributed by atoms with Gasteiger partial charge in [0.2, 0.25) is 0 Å². The van der Waals surface area contributed by atoms with Crippen molar-refractivity contribution in [2.24, 2.45) is 0 Å². The van der Waals surface area contributed by atoms with Crippen LogP contribution in [0.1, 0.15) is 57.9 Å². The summed E-state index contributed by atoms with van der Waals surface area (Å²) in [5.41, 5.74) is 1.98. The molecule has 35 heavy (non-hydrogen) atoms. The molecule has 7 nitrogen and oxygen atoms in total. The molecule has 5 rings (SSSR count). The molecule has 2 heterocycles. The Morgan fingerprint density at radius 2 is 1.91 bits per heavy atom. The highest BCUT2D eigenvalue weighted by atomic mass is 79.9. The number of halogens is 1. The van der Waals surface area contributed by atoms with Crippen LogP contribution in [-0.2, 0) is 4.74 Å². The van der Waals surface area contributed by atoms with Crippen molar-refractivity contribution in [1.82, 2.24) is 15.1 Å². The van der Waals surface area contributed by atoms with Crippen LogP contribution in [0.15, 0.2) is 40.9 Å². The second-order valence-electron chi connectivity index (χ2n) is 10.5. The molecule has 2 aliphatic rings. The number of piperidine rings is 1. The fourth-order valence-corrected chi connectivity index (χ4v) is 4.99. The van der Waals surface area contributed by atoms with E-state index < -0.39 is 5.60 Å². The molecule has 0 unspecified atom stereocenters. The molecule has 0 bridgehead atoms. The van der Waals surface area contributed by atoms with E-state index in [1.807, 2.05) is 51.1 Å². The molecule has 2 aromatic carbocycles. The zero-order valence-electron chi connectivity index (χ0n) is 20.3. The van der Waals surface area contributed by atoms with Crippen LogP contribution in [0, 0.1) is 0 Å². The smallest absolute Gasteiger partial charge is 0.410 e. The number of ether oxygens (including phenoxy) is 1. The van der Waals surface area contributed by atoms with E-state index in [1.54, 1.807) is 4.90 Å². The number of phenols is 1. The first-order chi connectivity index (χ1) is 16.7. The fraction of sp³-hybridized carbons (Fsp3) is 0.444. The summed E-state index contributed by atoms with van der Waals surface area (Å²) in [6.45, 7) is 6.85. The van der Waals surface area contributed by atoms with Crippen molar-refractivity contribution >= 4 is 38.6 Å². The van der Waals surface area contributed by atoms with E-state index in [1.165, 1.54) is 18.4 Å². The van der Waals surface area contributed by atoms with Gasteiger partial charge >= 0.3 is 6.09 Å². The van der Waals surface area contributed by atoms with Gasteiger partial charge in [0.25, 0.3) is 0 Å². The number of hydrogen-bond acceptors (Lipinski definition) is 6. The van der Waals surface area contributed by atoms with E-state index in [2.05, 4.69) is 37.5 Å². The maximum atomic E-state index is 12.6. The van der Waals surface area contributed by atoms with Crippen molar-refractivity contribution in [2.45, 2.75) is 64.0 Å². The Morgan fingerprint density at radius 1 is 1.11 bits per heavy atom. The third kappa shape index (κ3) is 5.37. The van der Waals surface area contributed by atoms with E-state index in [4.69, 9.17) is 4.74 Å². The molecule has 1 aromatic heterocycles. The number of aromatic nitrogens is 2. The topological polar surface area (TPSA) is 87.6 Å². The Morgan fingerprint density at radius 3 is 2.63 bits per heavy atom. The minimum Gasteiger partial charge on any atom is -0.507 e. The molecule has 1 aliphatic carbocycles. The van der Waals surface area contributed by atoms with Crippen LogP contribution in [0.3, 0.4) is 0 Å². The largest absolute Gasteiger partial charge is 0.507 e. The molecule has 0 spiro atoms. The predicted octanol–water partition coefficient (Wildman–Crippen LogP) is 6.45. The lowest BCUT2D eigenvalue weighted by Crippen LogP contribution is -2.47. The minimum atomic E-state index is -0.524. The van der Waals surface area contributed by atoms with Gasteiger partial charge in [0, 0.05) is 39.9 Å². The molecule has 0 radical (unpaired) electrons. The zero-order chi connectivity index (χ0) is 24.7. The molecule has 184 valence electrons. The summed E-state index contributed by atoms with van der Waals surface area (Å²) in [5.74, 6) is 1.46. The number of hydrogen-bond donors (Lipinski definition) is 2. The van der Waals surface area contributed by atoms with Crippen molar-refractivity contribution in [2.75, 3.05) is 18.4 Å². The van der Waals surface area contributed by atoms with Crippen LogP contribution in [-0.4, -0.2) is 51.0 Å². The number of aromatic hydroxyl groups is 1. The molecule has 2 N–H and O–H groups in total. The van der Waals surface area contributed by atoms with Gasteiger partial charge in [-0.15, -0.1) is 10.2 Å². The molecular formula is C27H31BrN4O3. The Balaban J connectivity index is 1.43. The van der Waals surface area contributed by atoms with Gasteiger partial charge in [0.15, 0.2) is 5.82 Å². The van der Waals surface area contributed by atoms with E-state index in [0.717, 1.165) is 28.1 Å². The summed E-state index contributed by atoms with van der Waals surface area (Å²) >= 11 is 3.58. The number of nitrogens with zero attached hydrogens (tertiary/aromatic N) is 3. The molecule has 1 atom stereocenters. The third-order valence-electron chi connectivity index (χ3n) is 6.48. The Hall–Kier alpha value is -2.87. The van der Waals surface area contributed by atoms with Crippen LogP contribution < -0.4 is 5.32 Å². The monoisotopic (exact) mass is 538 g/mol. The van der Waals surface area contributed by atoms with Crippen molar-refractivity contribution in [3.63, 3.8) is 0 Å². The first-order valence-electron chi connectivity index (χ1n) is 12.2. The van der Waals surface area contributed by atoms with Crippen molar-refractivity contribution < 1.29 is 14.6 Å². The average Bonchev–Trinajstić information content (AvgIpc) is 3.64. The summed E-state index contributed by atoms with van der Waals surface area (Å²) < 4.78 is 6.50.